The highest BCUT2D eigenvalue weighted by atomic mass is 35.5. The molecule has 1 aliphatic heterocycles. The van der Waals surface area contributed by atoms with Crippen molar-refractivity contribution < 1.29 is 9.59 Å². The number of amides is 2. The van der Waals surface area contributed by atoms with Crippen LogP contribution in [0, 0.1) is 17.8 Å². The predicted molar refractivity (Wildman–Crippen MR) is 83.0 cm³/mol. The van der Waals surface area contributed by atoms with Crippen LogP contribution in [0.3, 0.4) is 0 Å². The highest BCUT2D eigenvalue weighted by Gasteiger charge is 2.50. The second-order valence-corrected chi connectivity index (χ2v) is 6.62. The maximum atomic E-state index is 12.8. The molecule has 2 aliphatic carbocycles. The number of carbonyl (C=O) groups excluding carboxylic acids is 2. The Morgan fingerprint density at radius 3 is 2.24 bits per heavy atom. The third kappa shape index (κ3) is 3.04. The van der Waals surface area contributed by atoms with Crippen molar-refractivity contribution >= 4 is 24.2 Å². The number of carbonyl (C=O) groups is 2. The first-order valence-corrected chi connectivity index (χ1v) is 7.88. The Morgan fingerprint density at radius 2 is 1.62 bits per heavy atom. The highest BCUT2D eigenvalue weighted by Crippen LogP contribution is 2.48. The topological polar surface area (TPSA) is 66.6 Å². The van der Waals surface area contributed by atoms with Crippen LogP contribution < -0.4 is 5.73 Å². The Labute approximate surface area is 132 Å². The third-order valence-electron chi connectivity index (χ3n) is 5.52. The van der Waals surface area contributed by atoms with Crippen molar-refractivity contribution in [3.05, 3.63) is 0 Å². The first-order chi connectivity index (χ1) is 9.58. The van der Waals surface area contributed by atoms with Gasteiger partial charge in [-0.2, -0.15) is 0 Å². The van der Waals surface area contributed by atoms with Crippen molar-refractivity contribution in [2.75, 3.05) is 26.2 Å². The average Bonchev–Trinajstić information content (AvgIpc) is 2.90. The van der Waals surface area contributed by atoms with Crippen molar-refractivity contribution in [1.82, 2.24) is 9.80 Å². The number of halogens is 1. The molecule has 2 amide bonds. The van der Waals surface area contributed by atoms with Crippen LogP contribution in [0.15, 0.2) is 0 Å². The summed E-state index contributed by atoms with van der Waals surface area (Å²) in [6.07, 6.45) is 4.39. The van der Waals surface area contributed by atoms with E-state index in [2.05, 4.69) is 0 Å². The minimum absolute atomic E-state index is 0. The standard InChI is InChI=1S/C15H25N3O2.ClH/c1-10(19)17-5-2-6-18(8-7-17)15(20)13-11-3-4-12(9-11)14(13)16;/h11-14H,2-9,16H2,1H3;1H. The van der Waals surface area contributed by atoms with Crippen molar-refractivity contribution in [3.63, 3.8) is 0 Å². The van der Waals surface area contributed by atoms with Crippen LogP contribution in [0.25, 0.3) is 0 Å². The molecule has 1 heterocycles. The number of nitrogens with two attached hydrogens (primary N) is 1. The number of hydrogen-bond acceptors (Lipinski definition) is 3. The molecular weight excluding hydrogens is 290 g/mol. The second kappa shape index (κ2) is 6.53. The lowest BCUT2D eigenvalue weighted by atomic mass is 9.84. The van der Waals surface area contributed by atoms with Gasteiger partial charge in [0.2, 0.25) is 11.8 Å². The largest absolute Gasteiger partial charge is 0.341 e. The molecule has 0 spiro atoms. The fourth-order valence-electron chi connectivity index (χ4n) is 4.37. The van der Waals surface area contributed by atoms with Gasteiger partial charge in [0, 0.05) is 39.1 Å². The third-order valence-corrected chi connectivity index (χ3v) is 5.52. The molecular formula is C15H26ClN3O2. The monoisotopic (exact) mass is 315 g/mol. The van der Waals surface area contributed by atoms with E-state index in [9.17, 15) is 9.59 Å². The van der Waals surface area contributed by atoms with Crippen molar-refractivity contribution in [3.8, 4) is 0 Å². The number of nitrogens with zero attached hydrogens (tertiary/aromatic N) is 2. The van der Waals surface area contributed by atoms with E-state index in [0.29, 0.717) is 24.9 Å². The van der Waals surface area contributed by atoms with Gasteiger partial charge in [0.05, 0.1) is 5.92 Å². The smallest absolute Gasteiger partial charge is 0.227 e. The Bertz CT molecular complexity index is 416. The SMILES string of the molecule is CC(=O)N1CCCN(C(=O)C2C3CCC(C3)C2N)CC1.Cl. The van der Waals surface area contributed by atoms with Crippen LogP contribution in [-0.4, -0.2) is 53.8 Å². The lowest BCUT2D eigenvalue weighted by Crippen LogP contribution is -2.48. The van der Waals surface area contributed by atoms with Gasteiger partial charge in [0.1, 0.15) is 0 Å². The van der Waals surface area contributed by atoms with E-state index in [1.54, 1.807) is 6.92 Å². The Kier molecular flexibility index (Phi) is 5.15. The van der Waals surface area contributed by atoms with E-state index in [4.69, 9.17) is 5.73 Å². The molecule has 2 bridgehead atoms. The molecule has 0 aromatic rings. The summed E-state index contributed by atoms with van der Waals surface area (Å²) in [5.74, 6) is 1.47. The van der Waals surface area contributed by atoms with Gasteiger partial charge >= 0.3 is 0 Å². The summed E-state index contributed by atoms with van der Waals surface area (Å²) in [6, 6.07) is 0.0633. The molecule has 6 heteroatoms. The summed E-state index contributed by atoms with van der Waals surface area (Å²) < 4.78 is 0. The molecule has 0 aromatic heterocycles. The summed E-state index contributed by atoms with van der Waals surface area (Å²) in [4.78, 5) is 28.0. The maximum absolute atomic E-state index is 12.8. The molecule has 2 N–H and O–H groups in total. The molecule has 5 nitrogen and oxygen atoms in total. The number of hydrogen-bond donors (Lipinski definition) is 1. The van der Waals surface area contributed by atoms with Crippen molar-refractivity contribution in [2.24, 2.45) is 23.5 Å². The summed E-state index contributed by atoms with van der Waals surface area (Å²) in [7, 11) is 0. The predicted octanol–water partition coefficient (Wildman–Crippen LogP) is 0.862. The zero-order valence-corrected chi connectivity index (χ0v) is 13.5. The van der Waals surface area contributed by atoms with E-state index in [0.717, 1.165) is 25.9 Å². The first kappa shape index (κ1) is 16.6. The van der Waals surface area contributed by atoms with Crippen LogP contribution in [0.5, 0.6) is 0 Å². The summed E-state index contributed by atoms with van der Waals surface area (Å²) >= 11 is 0. The molecule has 0 aromatic carbocycles. The van der Waals surface area contributed by atoms with Gasteiger partial charge in [-0.1, -0.05) is 0 Å². The zero-order chi connectivity index (χ0) is 14.3. The Balaban J connectivity index is 0.00000161. The van der Waals surface area contributed by atoms with Crippen LogP contribution in [0.4, 0.5) is 0 Å². The molecule has 2 saturated carbocycles. The normalized spacial score (nSPS) is 35.3. The minimum atomic E-state index is 0. The van der Waals surface area contributed by atoms with Gasteiger partial charge in [0.15, 0.2) is 0 Å². The maximum Gasteiger partial charge on any atom is 0.227 e. The minimum Gasteiger partial charge on any atom is -0.341 e. The quantitative estimate of drug-likeness (QED) is 0.780. The summed E-state index contributed by atoms with van der Waals surface area (Å²) in [6.45, 7) is 4.46. The summed E-state index contributed by atoms with van der Waals surface area (Å²) in [5, 5.41) is 0. The number of fused-ring (bicyclic) bond motifs is 2. The first-order valence-electron chi connectivity index (χ1n) is 7.88. The van der Waals surface area contributed by atoms with Gasteiger partial charge in [0.25, 0.3) is 0 Å². The number of rotatable bonds is 1. The van der Waals surface area contributed by atoms with Crippen molar-refractivity contribution in [1.29, 1.82) is 0 Å². The van der Waals surface area contributed by atoms with Gasteiger partial charge in [-0.05, 0) is 37.5 Å². The highest BCUT2D eigenvalue weighted by molar-refractivity contribution is 5.85. The average molecular weight is 316 g/mol. The van der Waals surface area contributed by atoms with E-state index < -0.39 is 0 Å². The van der Waals surface area contributed by atoms with E-state index in [-0.39, 0.29) is 36.2 Å². The molecule has 4 atom stereocenters. The van der Waals surface area contributed by atoms with Crippen LogP contribution in [-0.2, 0) is 9.59 Å². The van der Waals surface area contributed by atoms with E-state index in [1.807, 2.05) is 9.80 Å². The lowest BCUT2D eigenvalue weighted by molar-refractivity contribution is -0.138. The zero-order valence-electron chi connectivity index (χ0n) is 12.7. The van der Waals surface area contributed by atoms with Gasteiger partial charge in [-0.3, -0.25) is 9.59 Å². The van der Waals surface area contributed by atoms with Crippen molar-refractivity contribution in [2.45, 2.75) is 38.6 Å². The lowest BCUT2D eigenvalue weighted by Gasteiger charge is -2.32. The molecule has 3 rings (SSSR count). The molecule has 4 unspecified atom stereocenters. The van der Waals surface area contributed by atoms with E-state index >= 15 is 0 Å². The molecule has 0 radical (unpaired) electrons. The molecule has 3 fully saturated rings. The van der Waals surface area contributed by atoms with Gasteiger partial charge in [-0.25, -0.2) is 0 Å². The second-order valence-electron chi connectivity index (χ2n) is 6.62. The van der Waals surface area contributed by atoms with Crippen LogP contribution in [0.1, 0.15) is 32.6 Å². The van der Waals surface area contributed by atoms with Crippen LogP contribution >= 0.6 is 12.4 Å². The Hall–Kier alpha value is -0.810. The fourth-order valence-corrected chi connectivity index (χ4v) is 4.37. The fraction of sp³-hybridized carbons (Fsp3) is 0.867. The molecule has 3 aliphatic rings. The van der Waals surface area contributed by atoms with Gasteiger partial charge < -0.3 is 15.5 Å². The van der Waals surface area contributed by atoms with E-state index in [1.165, 1.54) is 12.8 Å². The summed E-state index contributed by atoms with van der Waals surface area (Å²) in [5.41, 5.74) is 6.27. The molecule has 21 heavy (non-hydrogen) atoms. The van der Waals surface area contributed by atoms with Gasteiger partial charge in [-0.15, -0.1) is 12.4 Å². The molecule has 1 saturated heterocycles. The van der Waals surface area contributed by atoms with Crippen LogP contribution in [0.2, 0.25) is 0 Å². The molecule has 120 valence electrons. The Morgan fingerprint density at radius 1 is 1.00 bits per heavy atom.